The third kappa shape index (κ3) is 7.23. The van der Waals surface area contributed by atoms with Crippen molar-refractivity contribution in [2.75, 3.05) is 23.0 Å². The van der Waals surface area contributed by atoms with E-state index in [9.17, 15) is 18.8 Å². The summed E-state index contributed by atoms with van der Waals surface area (Å²) >= 11 is 1.08. The first-order valence-corrected chi connectivity index (χ1v) is 10.0. The summed E-state index contributed by atoms with van der Waals surface area (Å²) in [6, 6.07) is 11.0. The molecule has 2 aromatic rings. The summed E-state index contributed by atoms with van der Waals surface area (Å²) in [5.74, 6) is -1.71. The first-order chi connectivity index (χ1) is 13.8. The molecular formula is C21H23FN2O4S. The monoisotopic (exact) mass is 418 g/mol. The van der Waals surface area contributed by atoms with E-state index in [1.165, 1.54) is 24.3 Å². The number of amides is 2. The number of benzene rings is 2. The topological polar surface area (TPSA) is 84.5 Å². The first-order valence-electron chi connectivity index (χ1n) is 8.96. The van der Waals surface area contributed by atoms with Gasteiger partial charge in [0.05, 0.1) is 5.75 Å². The predicted molar refractivity (Wildman–Crippen MR) is 112 cm³/mol. The molecule has 1 unspecified atom stereocenters. The van der Waals surface area contributed by atoms with Crippen molar-refractivity contribution in [1.29, 1.82) is 0 Å². The first kappa shape index (κ1) is 22.4. The molecule has 0 bridgehead atoms. The van der Waals surface area contributed by atoms with Gasteiger partial charge in [-0.3, -0.25) is 14.4 Å². The van der Waals surface area contributed by atoms with E-state index in [-0.39, 0.29) is 11.7 Å². The molecule has 0 heterocycles. The Morgan fingerprint density at radius 2 is 1.62 bits per heavy atom. The molecule has 0 aliphatic carbocycles. The van der Waals surface area contributed by atoms with Crippen molar-refractivity contribution in [3.63, 3.8) is 0 Å². The SMILES string of the molecule is Cc1cccc(C)c1NC(=O)COC(=O)C(C)SCC(=O)Nc1ccc(F)cc1. The minimum Gasteiger partial charge on any atom is -0.455 e. The van der Waals surface area contributed by atoms with Gasteiger partial charge in [0.25, 0.3) is 5.91 Å². The highest BCUT2D eigenvalue weighted by Crippen LogP contribution is 2.19. The molecule has 1 atom stereocenters. The number of para-hydroxylation sites is 1. The molecule has 2 rings (SSSR count). The van der Waals surface area contributed by atoms with Gasteiger partial charge < -0.3 is 15.4 Å². The van der Waals surface area contributed by atoms with Crippen LogP contribution in [0.15, 0.2) is 42.5 Å². The smallest absolute Gasteiger partial charge is 0.319 e. The van der Waals surface area contributed by atoms with Gasteiger partial charge in [-0.05, 0) is 56.2 Å². The van der Waals surface area contributed by atoms with E-state index in [2.05, 4.69) is 10.6 Å². The summed E-state index contributed by atoms with van der Waals surface area (Å²) < 4.78 is 17.9. The van der Waals surface area contributed by atoms with Crippen molar-refractivity contribution >= 4 is 40.9 Å². The largest absolute Gasteiger partial charge is 0.455 e. The highest BCUT2D eigenvalue weighted by molar-refractivity contribution is 8.01. The maximum Gasteiger partial charge on any atom is 0.319 e. The van der Waals surface area contributed by atoms with E-state index in [1.54, 1.807) is 6.92 Å². The van der Waals surface area contributed by atoms with Crippen LogP contribution in [0, 0.1) is 19.7 Å². The molecule has 2 amide bonds. The fourth-order valence-corrected chi connectivity index (χ4v) is 3.12. The molecule has 2 aromatic carbocycles. The molecule has 0 saturated carbocycles. The number of rotatable bonds is 8. The van der Waals surface area contributed by atoms with E-state index in [1.807, 2.05) is 32.0 Å². The number of carbonyl (C=O) groups is 3. The van der Waals surface area contributed by atoms with Gasteiger partial charge in [0.15, 0.2) is 6.61 Å². The summed E-state index contributed by atoms with van der Waals surface area (Å²) in [5.41, 5.74) is 3.00. The van der Waals surface area contributed by atoms with E-state index in [0.717, 1.165) is 22.9 Å². The molecule has 2 N–H and O–H groups in total. The standard InChI is InChI=1S/C21H23FN2O4S/c1-13-5-4-6-14(2)20(13)24-18(25)11-28-21(27)15(3)29-12-19(26)23-17-9-7-16(22)8-10-17/h4-10,15H,11-12H2,1-3H3,(H,23,26)(H,24,25). The fourth-order valence-electron chi connectivity index (χ4n) is 2.44. The second-order valence-corrected chi connectivity index (χ2v) is 7.76. The van der Waals surface area contributed by atoms with Gasteiger partial charge >= 0.3 is 5.97 Å². The van der Waals surface area contributed by atoms with Gasteiger partial charge in [0.1, 0.15) is 11.1 Å². The number of thioether (sulfide) groups is 1. The third-order valence-electron chi connectivity index (χ3n) is 4.02. The van der Waals surface area contributed by atoms with Gasteiger partial charge in [-0.2, -0.15) is 0 Å². The third-order valence-corrected chi connectivity index (χ3v) is 5.14. The van der Waals surface area contributed by atoms with Gasteiger partial charge in [-0.1, -0.05) is 18.2 Å². The Kier molecular flexibility index (Phi) is 8.21. The lowest BCUT2D eigenvalue weighted by atomic mass is 10.1. The number of nitrogens with one attached hydrogen (secondary N) is 2. The van der Waals surface area contributed by atoms with Crippen LogP contribution in [0.1, 0.15) is 18.1 Å². The van der Waals surface area contributed by atoms with Gasteiger partial charge in [0, 0.05) is 11.4 Å². The lowest BCUT2D eigenvalue weighted by Crippen LogP contribution is -2.26. The van der Waals surface area contributed by atoms with E-state index in [4.69, 9.17) is 4.74 Å². The Bertz CT molecular complexity index is 866. The number of aryl methyl sites for hydroxylation is 2. The molecule has 0 saturated heterocycles. The van der Waals surface area contributed by atoms with Crippen LogP contribution in [-0.4, -0.2) is 35.4 Å². The van der Waals surface area contributed by atoms with Crippen molar-refractivity contribution in [2.45, 2.75) is 26.0 Å². The zero-order chi connectivity index (χ0) is 21.4. The van der Waals surface area contributed by atoms with Gasteiger partial charge in [0.2, 0.25) is 5.91 Å². The van der Waals surface area contributed by atoms with Crippen molar-refractivity contribution < 1.29 is 23.5 Å². The Hall–Kier alpha value is -2.87. The summed E-state index contributed by atoms with van der Waals surface area (Å²) in [5, 5.41) is 4.73. The number of ether oxygens (including phenoxy) is 1. The molecule has 0 fully saturated rings. The Balaban J connectivity index is 1.73. The zero-order valence-corrected chi connectivity index (χ0v) is 17.3. The van der Waals surface area contributed by atoms with Crippen LogP contribution in [0.25, 0.3) is 0 Å². The average molecular weight is 418 g/mol. The number of hydrogen-bond donors (Lipinski definition) is 2. The molecule has 0 spiro atoms. The Labute approximate surface area is 173 Å². The number of esters is 1. The number of anilines is 2. The highest BCUT2D eigenvalue weighted by atomic mass is 32.2. The van der Waals surface area contributed by atoms with Crippen LogP contribution >= 0.6 is 11.8 Å². The highest BCUT2D eigenvalue weighted by Gasteiger charge is 2.18. The fraction of sp³-hybridized carbons (Fsp3) is 0.286. The zero-order valence-electron chi connectivity index (χ0n) is 16.5. The van der Waals surface area contributed by atoms with Crippen LogP contribution in [0.3, 0.4) is 0 Å². The molecule has 0 aliphatic heterocycles. The minimum atomic E-state index is -0.623. The van der Waals surface area contributed by atoms with E-state index < -0.39 is 29.6 Å². The summed E-state index contributed by atoms with van der Waals surface area (Å²) in [4.78, 5) is 36.0. The molecule has 0 radical (unpaired) electrons. The van der Waals surface area contributed by atoms with Crippen molar-refractivity contribution in [3.05, 3.63) is 59.4 Å². The molecule has 8 heteroatoms. The van der Waals surface area contributed by atoms with Crippen molar-refractivity contribution in [2.24, 2.45) is 0 Å². The predicted octanol–water partition coefficient (Wildman–Crippen LogP) is 3.68. The molecule has 0 aliphatic rings. The quantitative estimate of drug-likeness (QED) is 0.639. The second kappa shape index (κ2) is 10.6. The summed E-state index contributed by atoms with van der Waals surface area (Å²) in [6.07, 6.45) is 0. The van der Waals surface area contributed by atoms with Crippen molar-refractivity contribution in [1.82, 2.24) is 0 Å². The summed E-state index contributed by atoms with van der Waals surface area (Å²) in [7, 11) is 0. The van der Waals surface area contributed by atoms with Crippen molar-refractivity contribution in [3.8, 4) is 0 Å². The lowest BCUT2D eigenvalue weighted by Gasteiger charge is -2.13. The molecular weight excluding hydrogens is 395 g/mol. The maximum absolute atomic E-state index is 12.9. The minimum absolute atomic E-state index is 0.0161. The van der Waals surface area contributed by atoms with E-state index in [0.29, 0.717) is 11.4 Å². The normalized spacial score (nSPS) is 11.4. The lowest BCUT2D eigenvalue weighted by molar-refractivity contribution is -0.146. The number of hydrogen-bond acceptors (Lipinski definition) is 5. The second-order valence-electron chi connectivity index (χ2n) is 6.43. The average Bonchev–Trinajstić information content (AvgIpc) is 2.69. The summed E-state index contributed by atoms with van der Waals surface area (Å²) in [6.45, 7) is 4.95. The van der Waals surface area contributed by atoms with Crippen LogP contribution in [0.5, 0.6) is 0 Å². The van der Waals surface area contributed by atoms with E-state index >= 15 is 0 Å². The Morgan fingerprint density at radius 1 is 1.00 bits per heavy atom. The van der Waals surface area contributed by atoms with Crippen LogP contribution in [0.4, 0.5) is 15.8 Å². The van der Waals surface area contributed by atoms with Gasteiger partial charge in [-0.15, -0.1) is 11.8 Å². The van der Waals surface area contributed by atoms with Crippen LogP contribution in [0.2, 0.25) is 0 Å². The number of halogens is 1. The Morgan fingerprint density at radius 3 is 2.24 bits per heavy atom. The molecule has 29 heavy (non-hydrogen) atoms. The maximum atomic E-state index is 12.9. The molecule has 6 nitrogen and oxygen atoms in total. The van der Waals surface area contributed by atoms with Crippen LogP contribution < -0.4 is 10.6 Å². The van der Waals surface area contributed by atoms with Gasteiger partial charge in [-0.25, -0.2) is 4.39 Å². The molecule has 154 valence electrons. The molecule has 0 aromatic heterocycles. The van der Waals surface area contributed by atoms with Crippen LogP contribution in [-0.2, 0) is 19.1 Å². The number of carbonyl (C=O) groups excluding carboxylic acids is 3.